The summed E-state index contributed by atoms with van der Waals surface area (Å²) in [5, 5.41) is 0. The van der Waals surface area contributed by atoms with Crippen molar-refractivity contribution in [2.24, 2.45) is 0 Å². The van der Waals surface area contributed by atoms with E-state index >= 15 is 0 Å². The highest BCUT2D eigenvalue weighted by Crippen LogP contribution is 2.07. The molecule has 0 fully saturated rings. The lowest BCUT2D eigenvalue weighted by Gasteiger charge is -2.19. The fourth-order valence-corrected chi connectivity index (χ4v) is 2.59. The van der Waals surface area contributed by atoms with Gasteiger partial charge >= 0.3 is 21.1 Å². The molecule has 0 heterocycles. The predicted molar refractivity (Wildman–Crippen MR) is 74.3 cm³/mol. The Hall–Kier alpha value is -0.538. The van der Waals surface area contributed by atoms with Gasteiger partial charge in [-0.1, -0.05) is 0 Å². The minimum Gasteiger partial charge on any atom is -0.602 e. The first-order valence-corrected chi connectivity index (χ1v) is 7.98. The number of hydrogen-bond donors (Lipinski definition) is 0. The highest BCUT2D eigenvalue weighted by Gasteiger charge is 2.37. The van der Waals surface area contributed by atoms with Gasteiger partial charge in [0.25, 0.3) is 0 Å². The van der Waals surface area contributed by atoms with E-state index in [4.69, 9.17) is 16.1 Å². The van der Waals surface area contributed by atoms with Crippen molar-refractivity contribution >= 4 is 21.1 Å². The van der Waals surface area contributed by atoms with Gasteiger partial charge in [0.1, 0.15) is 0 Å². The first kappa shape index (κ1) is 18.5. The van der Waals surface area contributed by atoms with Crippen LogP contribution >= 0.6 is 0 Å². The Morgan fingerprint density at radius 1 is 0.947 bits per heavy atom. The summed E-state index contributed by atoms with van der Waals surface area (Å²) in [4.78, 5) is 11.4. The van der Waals surface area contributed by atoms with Crippen LogP contribution in [0, 0.1) is 0 Å². The van der Waals surface area contributed by atoms with E-state index in [0.717, 1.165) is 0 Å². The second-order valence-corrected chi connectivity index (χ2v) is 6.37. The summed E-state index contributed by atoms with van der Waals surface area (Å²) in [5.74, 6) is 0.0259. The molecule has 0 aliphatic carbocycles. The van der Waals surface area contributed by atoms with E-state index in [1.807, 2.05) is 27.7 Å². The van der Waals surface area contributed by atoms with Crippen LogP contribution in [0.2, 0.25) is 0 Å². The lowest BCUT2D eigenvalue weighted by Crippen LogP contribution is -2.32. The van der Waals surface area contributed by atoms with Gasteiger partial charge in [0.2, 0.25) is 0 Å². The van der Waals surface area contributed by atoms with Crippen LogP contribution in [0.15, 0.2) is 11.8 Å². The number of esters is 1. The Kier molecular flexibility index (Phi) is 9.11. The maximum absolute atomic E-state index is 11.4. The summed E-state index contributed by atoms with van der Waals surface area (Å²) in [6.45, 7) is 12.9. The molecule has 0 amide bonds. The third-order valence-corrected chi connectivity index (χ3v) is 3.82. The molecular formula is C13H25AlO5. The molecule has 0 aliphatic rings. The molecule has 19 heavy (non-hydrogen) atoms. The van der Waals surface area contributed by atoms with Gasteiger partial charge in [-0.15, -0.1) is 0 Å². The molecule has 0 aromatic carbocycles. The Bertz CT molecular complexity index is 289. The van der Waals surface area contributed by atoms with Crippen molar-refractivity contribution in [2.75, 3.05) is 0 Å². The lowest BCUT2D eigenvalue weighted by atomic mass is 10.4. The van der Waals surface area contributed by atoms with E-state index < -0.39 is 21.1 Å². The van der Waals surface area contributed by atoms with Gasteiger partial charge in [-0.05, 0) is 48.5 Å². The Labute approximate surface area is 121 Å². The van der Waals surface area contributed by atoms with Crippen LogP contribution in [0.4, 0.5) is 0 Å². The summed E-state index contributed by atoms with van der Waals surface area (Å²) < 4.78 is 21.8. The average Bonchev–Trinajstić information content (AvgIpc) is 2.11. The summed E-state index contributed by atoms with van der Waals surface area (Å²) in [6.07, 6.45) is 1.20. The Morgan fingerprint density at radius 2 is 1.42 bits per heavy atom. The zero-order valence-corrected chi connectivity index (χ0v) is 14.1. The fourth-order valence-electron chi connectivity index (χ4n) is 1.15. The van der Waals surface area contributed by atoms with Crippen molar-refractivity contribution in [3.63, 3.8) is 0 Å². The Morgan fingerprint density at radius 3 is 1.79 bits per heavy atom. The highest BCUT2D eigenvalue weighted by molar-refractivity contribution is 6.36. The van der Waals surface area contributed by atoms with E-state index in [2.05, 4.69) is 0 Å². The van der Waals surface area contributed by atoms with E-state index in [1.165, 1.54) is 6.08 Å². The van der Waals surface area contributed by atoms with Gasteiger partial charge in [-0.25, -0.2) is 4.79 Å². The topological polar surface area (TPSA) is 54.0 Å². The number of ether oxygens (including phenoxy) is 1. The standard InChI is InChI=1S/C7H12O3.2C3H7O.Al/c1-5(2)10-7(9)4-6(3)8;2*1-3(2)4;/h4-5,8H,1-3H3;2*3H,1-2H3;/q;2*-1;+3/p-1. The lowest BCUT2D eigenvalue weighted by molar-refractivity contribution is -0.141. The van der Waals surface area contributed by atoms with Crippen molar-refractivity contribution in [1.82, 2.24) is 0 Å². The van der Waals surface area contributed by atoms with Crippen LogP contribution in [0.25, 0.3) is 0 Å². The minimum atomic E-state index is -2.28. The zero-order chi connectivity index (χ0) is 15.0. The number of carbonyl (C=O) groups is 1. The molecule has 0 saturated heterocycles. The SMILES string of the molecule is CC(=CC(=O)OC(C)C)[O][Al]([O]C(C)C)[O]C(C)C. The highest BCUT2D eigenvalue weighted by atomic mass is 27.3. The van der Waals surface area contributed by atoms with Crippen molar-refractivity contribution in [3.05, 3.63) is 11.8 Å². The van der Waals surface area contributed by atoms with Gasteiger partial charge in [-0.2, -0.15) is 0 Å². The van der Waals surface area contributed by atoms with Crippen LogP contribution in [0.3, 0.4) is 0 Å². The smallest absolute Gasteiger partial charge is 0.602 e. The second-order valence-electron chi connectivity index (χ2n) is 5.02. The average molecular weight is 288 g/mol. The monoisotopic (exact) mass is 288 g/mol. The quantitative estimate of drug-likeness (QED) is 0.297. The van der Waals surface area contributed by atoms with Gasteiger partial charge in [0.15, 0.2) is 0 Å². The molecule has 0 unspecified atom stereocenters. The molecule has 0 spiro atoms. The van der Waals surface area contributed by atoms with E-state index in [-0.39, 0.29) is 18.3 Å². The summed E-state index contributed by atoms with van der Waals surface area (Å²) >= 11 is -2.28. The van der Waals surface area contributed by atoms with Gasteiger partial charge in [0.05, 0.1) is 17.9 Å². The van der Waals surface area contributed by atoms with Crippen molar-refractivity contribution < 1.29 is 20.9 Å². The van der Waals surface area contributed by atoms with Crippen molar-refractivity contribution in [3.8, 4) is 0 Å². The molecule has 0 rings (SSSR count). The van der Waals surface area contributed by atoms with Crippen molar-refractivity contribution in [2.45, 2.75) is 66.8 Å². The Balaban J connectivity index is 4.47. The molecule has 0 N–H and O–H groups in total. The minimum absolute atomic E-state index is 0.0193. The van der Waals surface area contributed by atoms with E-state index in [0.29, 0.717) is 5.76 Å². The van der Waals surface area contributed by atoms with Gasteiger partial charge < -0.3 is 16.1 Å². The molecule has 5 nitrogen and oxygen atoms in total. The molecule has 0 aromatic rings. The predicted octanol–water partition coefficient (Wildman–Crippen LogP) is 2.69. The molecule has 0 saturated carbocycles. The molecule has 0 bridgehead atoms. The first-order chi connectivity index (χ1) is 8.70. The van der Waals surface area contributed by atoms with E-state index in [9.17, 15) is 4.79 Å². The van der Waals surface area contributed by atoms with Gasteiger partial charge in [-0.3, -0.25) is 0 Å². The van der Waals surface area contributed by atoms with Crippen LogP contribution in [0.1, 0.15) is 48.5 Å². The number of hydrogen-bond acceptors (Lipinski definition) is 5. The van der Waals surface area contributed by atoms with Crippen molar-refractivity contribution in [1.29, 1.82) is 0 Å². The third-order valence-electron chi connectivity index (χ3n) is 1.72. The largest absolute Gasteiger partial charge is 1.00 e. The van der Waals surface area contributed by atoms with Crippen LogP contribution in [-0.4, -0.2) is 39.4 Å². The number of rotatable bonds is 8. The van der Waals surface area contributed by atoms with Crippen LogP contribution < -0.4 is 0 Å². The zero-order valence-electron chi connectivity index (χ0n) is 12.9. The molecule has 0 aliphatic heterocycles. The molecule has 6 heteroatoms. The summed E-state index contributed by atoms with van der Waals surface area (Å²) in [7, 11) is 0. The molecule has 0 atom stereocenters. The van der Waals surface area contributed by atoms with E-state index in [1.54, 1.807) is 20.8 Å². The van der Waals surface area contributed by atoms with Crippen LogP contribution in [-0.2, 0) is 20.9 Å². The molecule has 0 radical (unpaired) electrons. The molecular weight excluding hydrogens is 263 g/mol. The second kappa shape index (κ2) is 9.38. The molecule has 110 valence electrons. The first-order valence-electron chi connectivity index (χ1n) is 6.57. The molecule has 0 aromatic heterocycles. The van der Waals surface area contributed by atoms with Crippen LogP contribution in [0.5, 0.6) is 0 Å². The fraction of sp³-hybridized carbons (Fsp3) is 0.769. The number of allylic oxidation sites excluding steroid dienone is 1. The third kappa shape index (κ3) is 11.0. The normalized spacial score (nSPS) is 12.2. The number of carbonyl (C=O) groups excluding carboxylic acids is 1. The maximum Gasteiger partial charge on any atom is 1.00 e. The van der Waals surface area contributed by atoms with Gasteiger partial charge in [0, 0.05) is 12.2 Å². The summed E-state index contributed by atoms with van der Waals surface area (Å²) in [6, 6.07) is 0. The summed E-state index contributed by atoms with van der Waals surface area (Å²) in [5.41, 5.74) is 0. The maximum atomic E-state index is 11.4.